The molecule has 0 aromatic carbocycles. The summed E-state index contributed by atoms with van der Waals surface area (Å²) in [6.45, 7) is 11.3. The molecule has 1 unspecified atom stereocenters. The summed E-state index contributed by atoms with van der Waals surface area (Å²) in [4.78, 5) is 29.2. The Morgan fingerprint density at radius 2 is 2.07 bits per heavy atom. The molecule has 7 nitrogen and oxygen atoms in total. The second-order valence-corrected chi connectivity index (χ2v) is 10.9. The number of nitrogens with one attached hydrogen (secondary N) is 1. The summed E-state index contributed by atoms with van der Waals surface area (Å²) in [7, 11) is 0. The highest BCUT2D eigenvalue weighted by Crippen LogP contribution is 2.52. The number of β-lactam (4-membered cyclic amide) rings is 1. The van der Waals surface area contributed by atoms with Crippen LogP contribution in [0, 0.1) is 17.3 Å². The Morgan fingerprint density at radius 3 is 2.69 bits per heavy atom. The molecule has 0 bridgehead atoms. The zero-order valence-electron chi connectivity index (χ0n) is 17.6. The predicted octanol–water partition coefficient (Wildman–Crippen LogP) is 1.34. The van der Waals surface area contributed by atoms with Crippen molar-refractivity contribution in [2.75, 3.05) is 32.7 Å². The molecule has 3 fully saturated rings. The van der Waals surface area contributed by atoms with Crippen LogP contribution in [0.3, 0.4) is 0 Å². The summed E-state index contributed by atoms with van der Waals surface area (Å²) in [6, 6.07) is -0.220. The molecule has 4 aliphatic heterocycles. The third kappa shape index (κ3) is 3.73. The van der Waals surface area contributed by atoms with E-state index in [0.29, 0.717) is 10.7 Å². The first-order chi connectivity index (χ1) is 13.7. The van der Waals surface area contributed by atoms with Crippen molar-refractivity contribution in [3.05, 3.63) is 10.6 Å². The Balaban J connectivity index is 1.44. The van der Waals surface area contributed by atoms with Crippen LogP contribution in [0.15, 0.2) is 10.6 Å². The van der Waals surface area contributed by atoms with Crippen LogP contribution in [-0.2, 0) is 9.59 Å². The van der Waals surface area contributed by atoms with Gasteiger partial charge in [0.25, 0.3) is 0 Å². The number of hydrogen-bond acceptors (Lipinski definition) is 6. The van der Waals surface area contributed by atoms with Gasteiger partial charge in [0.15, 0.2) is 0 Å². The van der Waals surface area contributed by atoms with Gasteiger partial charge in [-0.05, 0) is 51.2 Å². The number of likely N-dealkylation sites (tertiary alicyclic amines) is 1. The molecule has 4 heterocycles. The minimum Gasteiger partial charge on any atom is -0.477 e. The van der Waals surface area contributed by atoms with Crippen LogP contribution in [0.2, 0.25) is 0 Å². The fourth-order valence-corrected chi connectivity index (χ4v) is 7.14. The number of carboxylic acids is 1. The molecule has 3 saturated heterocycles. The lowest BCUT2D eigenvalue weighted by molar-refractivity contribution is -0.163. The summed E-state index contributed by atoms with van der Waals surface area (Å²) in [6.07, 6.45) is 2.69. The minimum absolute atomic E-state index is 0.0422. The van der Waals surface area contributed by atoms with Crippen molar-refractivity contribution in [2.24, 2.45) is 17.3 Å². The number of aliphatic hydroxyl groups excluding tert-OH is 1. The average molecular weight is 424 g/mol. The number of aliphatic carboxylic acids is 1. The van der Waals surface area contributed by atoms with Gasteiger partial charge in [-0.3, -0.25) is 4.79 Å². The Labute approximate surface area is 176 Å². The number of amides is 1. The SMILES string of the molecule is CC(O)[C@H]1C(=O)N2C(C(=O)O)=C(S[C@@H]3CCN(CC4(C)CCNCC4)C3)[C@H](C)[C@H]12. The first-order valence-corrected chi connectivity index (χ1v) is 11.7. The first-order valence-electron chi connectivity index (χ1n) is 10.8. The summed E-state index contributed by atoms with van der Waals surface area (Å²) in [5.41, 5.74) is 0.511. The number of nitrogens with zero attached hydrogens (tertiary/aromatic N) is 2. The van der Waals surface area contributed by atoms with E-state index < -0.39 is 18.0 Å². The third-order valence-corrected chi connectivity index (χ3v) is 8.79. The highest BCUT2D eigenvalue weighted by atomic mass is 32.2. The molecule has 162 valence electrons. The topological polar surface area (TPSA) is 93.1 Å². The maximum absolute atomic E-state index is 12.5. The fourth-order valence-electron chi connectivity index (χ4n) is 5.62. The van der Waals surface area contributed by atoms with Crippen LogP contribution in [0.25, 0.3) is 0 Å². The maximum atomic E-state index is 12.5. The van der Waals surface area contributed by atoms with Crippen LogP contribution in [0.1, 0.15) is 40.0 Å². The molecule has 0 aromatic rings. The number of thioether (sulfide) groups is 1. The molecule has 0 aromatic heterocycles. The monoisotopic (exact) mass is 423 g/mol. The van der Waals surface area contributed by atoms with Crippen LogP contribution >= 0.6 is 11.8 Å². The van der Waals surface area contributed by atoms with Gasteiger partial charge in [0.05, 0.1) is 18.1 Å². The fraction of sp³-hybridized carbons (Fsp3) is 0.810. The zero-order chi connectivity index (χ0) is 20.9. The Morgan fingerprint density at radius 1 is 1.38 bits per heavy atom. The smallest absolute Gasteiger partial charge is 0.353 e. The van der Waals surface area contributed by atoms with Crippen LogP contribution in [0.5, 0.6) is 0 Å². The number of carbonyl (C=O) groups excluding carboxylic acids is 1. The Hall–Kier alpha value is -1.09. The number of fused-ring (bicyclic) bond motifs is 1. The van der Waals surface area contributed by atoms with Gasteiger partial charge in [0.1, 0.15) is 5.70 Å². The van der Waals surface area contributed by atoms with Gasteiger partial charge < -0.3 is 25.3 Å². The van der Waals surface area contributed by atoms with Crippen LogP contribution < -0.4 is 5.32 Å². The largest absolute Gasteiger partial charge is 0.477 e. The molecule has 0 saturated carbocycles. The van der Waals surface area contributed by atoms with Crippen molar-refractivity contribution in [2.45, 2.75) is 57.4 Å². The molecule has 0 aliphatic carbocycles. The molecule has 4 aliphatic rings. The second-order valence-electron chi connectivity index (χ2n) is 9.60. The van der Waals surface area contributed by atoms with Gasteiger partial charge in [0.2, 0.25) is 5.91 Å². The Bertz CT molecular complexity index is 719. The number of carboxylic acid groups (broad SMARTS) is 1. The molecule has 29 heavy (non-hydrogen) atoms. The lowest BCUT2D eigenvalue weighted by Crippen LogP contribution is -2.63. The van der Waals surface area contributed by atoms with Gasteiger partial charge >= 0.3 is 5.97 Å². The van der Waals surface area contributed by atoms with E-state index in [2.05, 4.69) is 17.1 Å². The molecular weight excluding hydrogens is 390 g/mol. The zero-order valence-corrected chi connectivity index (χ0v) is 18.4. The van der Waals surface area contributed by atoms with Crippen molar-refractivity contribution in [3.8, 4) is 0 Å². The minimum atomic E-state index is -1.03. The van der Waals surface area contributed by atoms with Gasteiger partial charge in [0, 0.05) is 29.2 Å². The quantitative estimate of drug-likeness (QED) is 0.555. The summed E-state index contributed by atoms with van der Waals surface area (Å²) < 4.78 is 0. The van der Waals surface area contributed by atoms with Gasteiger partial charge in [-0.25, -0.2) is 4.79 Å². The van der Waals surface area contributed by atoms with Gasteiger partial charge in [-0.1, -0.05) is 13.8 Å². The molecule has 3 N–H and O–H groups in total. The van der Waals surface area contributed by atoms with Crippen LogP contribution in [-0.4, -0.2) is 82.0 Å². The van der Waals surface area contributed by atoms with E-state index in [1.807, 2.05) is 6.92 Å². The average Bonchev–Trinajstić information content (AvgIpc) is 3.16. The molecule has 0 radical (unpaired) electrons. The van der Waals surface area contributed by atoms with E-state index >= 15 is 0 Å². The van der Waals surface area contributed by atoms with Crippen molar-refractivity contribution in [1.82, 2.24) is 15.1 Å². The Kier molecular flexibility index (Phi) is 5.74. The number of rotatable bonds is 6. The molecule has 5 atom stereocenters. The van der Waals surface area contributed by atoms with E-state index in [-0.39, 0.29) is 23.6 Å². The van der Waals surface area contributed by atoms with E-state index in [1.165, 1.54) is 17.7 Å². The summed E-state index contributed by atoms with van der Waals surface area (Å²) >= 11 is 1.66. The van der Waals surface area contributed by atoms with Crippen molar-refractivity contribution in [1.29, 1.82) is 0 Å². The highest BCUT2D eigenvalue weighted by molar-refractivity contribution is 8.03. The van der Waals surface area contributed by atoms with Gasteiger partial charge in [-0.2, -0.15) is 0 Å². The summed E-state index contributed by atoms with van der Waals surface area (Å²) in [5, 5.41) is 23.6. The summed E-state index contributed by atoms with van der Waals surface area (Å²) in [5.74, 6) is -1.81. The lowest BCUT2D eigenvalue weighted by atomic mass is 9.79. The van der Waals surface area contributed by atoms with Gasteiger partial charge in [-0.15, -0.1) is 11.8 Å². The lowest BCUT2D eigenvalue weighted by Gasteiger charge is -2.46. The first kappa shape index (κ1) is 21.2. The van der Waals surface area contributed by atoms with Crippen molar-refractivity contribution in [3.63, 3.8) is 0 Å². The third-order valence-electron chi connectivity index (χ3n) is 7.25. The number of hydrogen-bond donors (Lipinski definition) is 3. The maximum Gasteiger partial charge on any atom is 0.353 e. The van der Waals surface area contributed by atoms with E-state index in [1.54, 1.807) is 18.7 Å². The molecule has 4 rings (SSSR count). The standard InChI is InChI=1S/C21H33N3O4S/c1-12-16-15(13(2)25)19(26)24(16)17(20(27)28)18(12)29-14-4-9-23(10-14)11-21(3)5-7-22-8-6-21/h12-16,22,25H,4-11H2,1-3H3,(H,27,28)/t12-,13?,14-,15-,16-/m1/s1. The second kappa shape index (κ2) is 7.87. The number of aliphatic hydroxyl groups is 1. The highest BCUT2D eigenvalue weighted by Gasteiger charge is 2.60. The van der Waals surface area contributed by atoms with Crippen molar-refractivity contribution >= 4 is 23.6 Å². The molecule has 0 spiro atoms. The van der Waals surface area contributed by atoms with Crippen molar-refractivity contribution < 1.29 is 19.8 Å². The number of carbonyl (C=O) groups is 2. The molecule has 8 heteroatoms. The number of piperidine rings is 1. The van der Waals surface area contributed by atoms with E-state index in [4.69, 9.17) is 0 Å². The molecular formula is C21H33N3O4S. The van der Waals surface area contributed by atoms with Crippen LogP contribution in [0.4, 0.5) is 0 Å². The normalized spacial score (nSPS) is 35.6. The van der Waals surface area contributed by atoms with E-state index in [0.717, 1.165) is 44.0 Å². The predicted molar refractivity (Wildman–Crippen MR) is 112 cm³/mol. The molecule has 1 amide bonds. The van der Waals surface area contributed by atoms with E-state index in [9.17, 15) is 19.8 Å².